The molecule has 7 nitrogen and oxygen atoms in total. The van der Waals surface area contributed by atoms with Gasteiger partial charge in [-0.05, 0) is 0 Å². The van der Waals surface area contributed by atoms with Gasteiger partial charge in [-0.25, -0.2) is 9.18 Å². The van der Waals surface area contributed by atoms with E-state index in [2.05, 4.69) is 5.32 Å². The van der Waals surface area contributed by atoms with Gasteiger partial charge in [0, 0.05) is 43.7 Å². The van der Waals surface area contributed by atoms with Crippen molar-refractivity contribution in [2.45, 2.75) is 19.1 Å². The van der Waals surface area contributed by atoms with E-state index < -0.39 is 18.2 Å². The topological polar surface area (TPSA) is 71.1 Å². The van der Waals surface area contributed by atoms with Crippen molar-refractivity contribution in [3.63, 3.8) is 0 Å². The Labute approximate surface area is 154 Å². The number of nitrogens with zero attached hydrogens (tertiary/aromatic N) is 2. The van der Waals surface area contributed by atoms with Crippen molar-refractivity contribution in [2.75, 3.05) is 47.5 Å². The number of amides is 2. The van der Waals surface area contributed by atoms with Gasteiger partial charge in [-0.2, -0.15) is 11.8 Å². The van der Waals surface area contributed by atoms with Gasteiger partial charge in [0.2, 0.25) is 5.91 Å². The summed E-state index contributed by atoms with van der Waals surface area (Å²) < 4.78 is 25.9. The molecule has 0 saturated carbocycles. The molecule has 1 aromatic carbocycles. The predicted molar refractivity (Wildman–Crippen MR) is 96.7 cm³/mol. The molecular weight excluding hydrogens is 361 g/mol. The lowest BCUT2D eigenvalue weighted by Gasteiger charge is -2.34. The minimum Gasteiger partial charge on any atom is -0.489 e. The van der Waals surface area contributed by atoms with Crippen molar-refractivity contribution in [3.8, 4) is 5.75 Å². The molecule has 26 heavy (non-hydrogen) atoms. The first-order valence-corrected chi connectivity index (χ1v) is 9.73. The highest BCUT2D eigenvalue weighted by Gasteiger charge is 2.47. The quantitative estimate of drug-likeness (QED) is 0.858. The molecule has 3 aliphatic rings. The van der Waals surface area contributed by atoms with Crippen LogP contribution < -0.4 is 19.9 Å². The molecular formula is C17H20FN3O4S. The summed E-state index contributed by atoms with van der Waals surface area (Å²) in [6.07, 6.45) is -1.07. The van der Waals surface area contributed by atoms with E-state index in [1.807, 2.05) is 16.7 Å². The molecule has 0 bridgehead atoms. The fraction of sp³-hybridized carbons (Fsp3) is 0.529. The molecule has 2 fully saturated rings. The number of carbonyl (C=O) groups excluding carboxylic acids is 2. The van der Waals surface area contributed by atoms with Crippen LogP contribution in [0, 0.1) is 5.82 Å². The van der Waals surface area contributed by atoms with Gasteiger partial charge in [0.05, 0.1) is 17.9 Å². The monoisotopic (exact) mass is 381 g/mol. The maximum absolute atomic E-state index is 14.8. The maximum atomic E-state index is 14.8. The molecule has 2 amide bonds. The lowest BCUT2D eigenvalue weighted by Crippen LogP contribution is -2.47. The molecule has 9 heteroatoms. The van der Waals surface area contributed by atoms with Crippen LogP contribution in [0.15, 0.2) is 12.1 Å². The third kappa shape index (κ3) is 3.04. The van der Waals surface area contributed by atoms with Crippen LogP contribution in [0.25, 0.3) is 0 Å². The number of fused-ring (bicyclic) bond motifs is 3. The van der Waals surface area contributed by atoms with Gasteiger partial charge >= 0.3 is 6.09 Å². The first-order valence-electron chi connectivity index (χ1n) is 8.58. The molecule has 0 spiro atoms. The first kappa shape index (κ1) is 17.3. The molecule has 4 rings (SSSR count). The second-order valence-electron chi connectivity index (χ2n) is 6.48. The van der Waals surface area contributed by atoms with Crippen LogP contribution in [0.2, 0.25) is 0 Å². The summed E-state index contributed by atoms with van der Waals surface area (Å²) in [5, 5.41) is 2.65. The SMILES string of the molecule is CC(=O)NC[C@@H]1OC(=O)N2c3cc(F)c(N4CCSCC4)cc3OC[C@@H]12. The van der Waals surface area contributed by atoms with Gasteiger partial charge in [-0.15, -0.1) is 0 Å². The second kappa shape index (κ2) is 6.86. The fourth-order valence-corrected chi connectivity index (χ4v) is 4.41. The number of hydrogen-bond acceptors (Lipinski definition) is 6. The van der Waals surface area contributed by atoms with Crippen LogP contribution in [-0.2, 0) is 9.53 Å². The van der Waals surface area contributed by atoms with E-state index in [4.69, 9.17) is 9.47 Å². The largest absolute Gasteiger partial charge is 0.489 e. The molecule has 0 unspecified atom stereocenters. The van der Waals surface area contributed by atoms with E-state index in [1.165, 1.54) is 17.9 Å². The Morgan fingerprint density at radius 3 is 2.85 bits per heavy atom. The molecule has 0 radical (unpaired) electrons. The van der Waals surface area contributed by atoms with Crippen LogP contribution >= 0.6 is 11.8 Å². The van der Waals surface area contributed by atoms with Crippen LogP contribution in [-0.4, -0.2) is 61.9 Å². The molecule has 3 aliphatic heterocycles. The van der Waals surface area contributed by atoms with Gasteiger partial charge in [-0.1, -0.05) is 0 Å². The van der Waals surface area contributed by atoms with Crippen molar-refractivity contribution in [2.24, 2.45) is 0 Å². The van der Waals surface area contributed by atoms with Crippen molar-refractivity contribution in [1.82, 2.24) is 5.32 Å². The zero-order valence-electron chi connectivity index (χ0n) is 14.4. The zero-order chi connectivity index (χ0) is 18.3. The molecule has 2 saturated heterocycles. The molecule has 1 N–H and O–H groups in total. The Bertz CT molecular complexity index is 741. The number of anilines is 2. The first-order chi connectivity index (χ1) is 12.5. The van der Waals surface area contributed by atoms with Crippen molar-refractivity contribution < 1.29 is 23.5 Å². The Morgan fingerprint density at radius 2 is 2.12 bits per heavy atom. The third-order valence-corrected chi connectivity index (χ3v) is 5.75. The van der Waals surface area contributed by atoms with E-state index in [9.17, 15) is 14.0 Å². The molecule has 3 heterocycles. The van der Waals surface area contributed by atoms with Crippen LogP contribution in [0.1, 0.15) is 6.92 Å². The highest BCUT2D eigenvalue weighted by molar-refractivity contribution is 7.99. The maximum Gasteiger partial charge on any atom is 0.415 e. The van der Waals surface area contributed by atoms with Crippen molar-refractivity contribution in [3.05, 3.63) is 17.9 Å². The predicted octanol–water partition coefficient (Wildman–Crippen LogP) is 1.60. The number of halogens is 1. The van der Waals surface area contributed by atoms with Gasteiger partial charge in [0.25, 0.3) is 0 Å². The summed E-state index contributed by atoms with van der Waals surface area (Å²) in [7, 11) is 0. The van der Waals surface area contributed by atoms with Gasteiger partial charge < -0.3 is 19.7 Å². The fourth-order valence-electron chi connectivity index (χ4n) is 3.51. The molecule has 0 aromatic heterocycles. The van der Waals surface area contributed by atoms with Gasteiger partial charge in [0.15, 0.2) is 0 Å². The highest BCUT2D eigenvalue weighted by Crippen LogP contribution is 2.42. The van der Waals surface area contributed by atoms with E-state index in [-0.39, 0.29) is 24.9 Å². The van der Waals surface area contributed by atoms with Crippen molar-refractivity contribution in [1.29, 1.82) is 0 Å². The minimum atomic E-state index is -0.545. The summed E-state index contributed by atoms with van der Waals surface area (Å²) in [6.45, 7) is 3.41. The summed E-state index contributed by atoms with van der Waals surface area (Å²) in [5.74, 6) is 1.82. The Hall–Kier alpha value is -2.16. The van der Waals surface area contributed by atoms with E-state index in [0.29, 0.717) is 17.1 Å². The third-order valence-electron chi connectivity index (χ3n) is 4.81. The summed E-state index contributed by atoms with van der Waals surface area (Å²) in [6, 6.07) is 2.63. The molecule has 2 atom stereocenters. The van der Waals surface area contributed by atoms with Gasteiger partial charge in [0.1, 0.15) is 30.3 Å². The number of benzene rings is 1. The average Bonchev–Trinajstić information content (AvgIpc) is 2.96. The number of thioether (sulfide) groups is 1. The van der Waals surface area contributed by atoms with Crippen molar-refractivity contribution >= 4 is 35.1 Å². The molecule has 0 aliphatic carbocycles. The standard InChI is InChI=1S/C17H20FN3O4S/c1-10(22)19-8-16-14-9-24-15-7-12(20-2-4-26-5-3-20)11(18)6-13(15)21(14)17(23)25-16/h6-7,14,16H,2-5,8-9H2,1H3,(H,19,22)/t14-,16-/m0/s1. The van der Waals surface area contributed by atoms with Gasteiger partial charge in [-0.3, -0.25) is 9.69 Å². The van der Waals surface area contributed by atoms with E-state index in [1.54, 1.807) is 6.07 Å². The number of nitrogens with one attached hydrogen (secondary N) is 1. The second-order valence-corrected chi connectivity index (χ2v) is 7.70. The summed E-state index contributed by atoms with van der Waals surface area (Å²) in [5.41, 5.74) is 0.883. The van der Waals surface area contributed by atoms with E-state index in [0.717, 1.165) is 24.6 Å². The molecule has 1 aromatic rings. The minimum absolute atomic E-state index is 0.201. The normalized spacial score (nSPS) is 24.5. The molecule has 140 valence electrons. The number of ether oxygens (including phenoxy) is 2. The Kier molecular flexibility index (Phi) is 4.56. The number of carbonyl (C=O) groups is 2. The van der Waals surface area contributed by atoms with Crippen LogP contribution in [0.4, 0.5) is 20.6 Å². The van der Waals surface area contributed by atoms with Crippen LogP contribution in [0.3, 0.4) is 0 Å². The smallest absolute Gasteiger partial charge is 0.415 e. The zero-order valence-corrected chi connectivity index (χ0v) is 15.2. The average molecular weight is 381 g/mol. The Balaban J connectivity index is 1.60. The number of cyclic esters (lactones) is 1. The summed E-state index contributed by atoms with van der Waals surface area (Å²) in [4.78, 5) is 26.9. The van der Waals surface area contributed by atoms with E-state index >= 15 is 0 Å². The highest BCUT2D eigenvalue weighted by atomic mass is 32.2. The lowest BCUT2D eigenvalue weighted by molar-refractivity contribution is -0.119. The summed E-state index contributed by atoms with van der Waals surface area (Å²) >= 11 is 1.85. The van der Waals surface area contributed by atoms with Crippen LogP contribution in [0.5, 0.6) is 5.75 Å². The lowest BCUT2D eigenvalue weighted by atomic mass is 10.1. The Morgan fingerprint density at radius 1 is 1.35 bits per heavy atom. The number of hydrogen-bond donors (Lipinski definition) is 1. The number of rotatable bonds is 3.